The van der Waals surface area contributed by atoms with Crippen molar-refractivity contribution in [2.45, 2.75) is 6.54 Å². The van der Waals surface area contributed by atoms with Crippen LogP contribution in [0.15, 0.2) is 30.3 Å². The van der Waals surface area contributed by atoms with Crippen LogP contribution in [-0.4, -0.2) is 36.0 Å². The Morgan fingerprint density at radius 3 is 2.50 bits per heavy atom. The van der Waals surface area contributed by atoms with E-state index in [9.17, 15) is 10.1 Å². The number of nitrogens with zero attached hydrogens (tertiary/aromatic N) is 2. The van der Waals surface area contributed by atoms with Crippen molar-refractivity contribution in [3.63, 3.8) is 0 Å². The fraction of sp³-hybridized carbons (Fsp3) is 0.455. The maximum Gasteiger partial charge on any atom is 0.216 e. The topological polar surface area (TPSA) is 72.4 Å². The first-order valence-electron chi connectivity index (χ1n) is 5.30. The summed E-state index contributed by atoms with van der Waals surface area (Å²) in [5.74, 6) is 0. The minimum absolute atomic E-state index is 0.0349. The van der Waals surface area contributed by atoms with Crippen LogP contribution in [-0.2, 0) is 6.54 Å². The lowest BCUT2D eigenvalue weighted by atomic mass is 10.2. The van der Waals surface area contributed by atoms with Gasteiger partial charge in [0, 0.05) is 24.6 Å². The molecule has 0 aliphatic heterocycles. The Labute approximate surface area is 95.0 Å². The average molecular weight is 223 g/mol. The number of hydrogen-bond donors (Lipinski definition) is 1. The molecule has 1 rings (SSSR count). The van der Waals surface area contributed by atoms with E-state index in [1.54, 1.807) is 0 Å². The van der Waals surface area contributed by atoms with Crippen LogP contribution in [0.3, 0.4) is 0 Å². The molecule has 0 fully saturated rings. The molecule has 0 spiro atoms. The van der Waals surface area contributed by atoms with E-state index in [4.69, 9.17) is 5.73 Å². The maximum absolute atomic E-state index is 10.3. The van der Waals surface area contributed by atoms with Gasteiger partial charge in [-0.1, -0.05) is 30.3 Å². The van der Waals surface area contributed by atoms with E-state index in [2.05, 4.69) is 0 Å². The zero-order valence-corrected chi connectivity index (χ0v) is 9.21. The monoisotopic (exact) mass is 223 g/mol. The first-order chi connectivity index (χ1) is 7.72. The minimum atomic E-state index is -0.297. The van der Waals surface area contributed by atoms with Gasteiger partial charge in [0.2, 0.25) is 6.54 Å². The van der Waals surface area contributed by atoms with E-state index < -0.39 is 0 Å². The molecule has 0 heterocycles. The summed E-state index contributed by atoms with van der Waals surface area (Å²) in [6, 6.07) is 9.89. The molecule has 0 bridgehead atoms. The van der Waals surface area contributed by atoms with Crippen molar-refractivity contribution < 1.29 is 4.92 Å². The molecule has 5 heteroatoms. The molecular formula is C11H17N3O2. The van der Waals surface area contributed by atoms with Crippen LogP contribution in [0.1, 0.15) is 5.56 Å². The van der Waals surface area contributed by atoms with Crippen LogP contribution in [0.4, 0.5) is 0 Å². The second-order valence-electron chi connectivity index (χ2n) is 3.61. The maximum atomic E-state index is 10.3. The van der Waals surface area contributed by atoms with Crippen LogP contribution in [0.2, 0.25) is 0 Å². The first-order valence-corrected chi connectivity index (χ1v) is 5.30. The molecule has 0 unspecified atom stereocenters. The summed E-state index contributed by atoms with van der Waals surface area (Å²) < 4.78 is 0. The summed E-state index contributed by atoms with van der Waals surface area (Å²) in [7, 11) is 0. The Bertz CT molecular complexity index is 316. The summed E-state index contributed by atoms with van der Waals surface area (Å²) >= 11 is 0. The second kappa shape index (κ2) is 6.92. The standard InChI is InChI=1S/C11H17N3O2/c12-6-7-13(8-9-14(15)16)10-11-4-2-1-3-5-11/h1-5H,6-10,12H2. The molecule has 0 radical (unpaired) electrons. The molecule has 0 aromatic heterocycles. The van der Waals surface area contributed by atoms with E-state index in [1.807, 2.05) is 35.2 Å². The van der Waals surface area contributed by atoms with E-state index in [-0.39, 0.29) is 11.5 Å². The van der Waals surface area contributed by atoms with Crippen LogP contribution in [0, 0.1) is 10.1 Å². The number of benzene rings is 1. The second-order valence-corrected chi connectivity index (χ2v) is 3.61. The van der Waals surface area contributed by atoms with Gasteiger partial charge >= 0.3 is 0 Å². The Balaban J connectivity index is 2.47. The highest BCUT2D eigenvalue weighted by molar-refractivity contribution is 5.14. The quantitative estimate of drug-likeness (QED) is 0.546. The third-order valence-electron chi connectivity index (χ3n) is 2.29. The number of rotatable bonds is 7. The van der Waals surface area contributed by atoms with Crippen molar-refractivity contribution in [1.82, 2.24) is 4.90 Å². The predicted molar refractivity (Wildman–Crippen MR) is 62.6 cm³/mol. The van der Waals surface area contributed by atoms with Gasteiger partial charge in [-0.25, -0.2) is 0 Å². The van der Waals surface area contributed by atoms with Crippen molar-refractivity contribution >= 4 is 0 Å². The molecule has 1 aromatic carbocycles. The Morgan fingerprint density at radius 2 is 1.94 bits per heavy atom. The van der Waals surface area contributed by atoms with Crippen molar-refractivity contribution in [3.8, 4) is 0 Å². The SMILES string of the molecule is NCCN(CC[N+](=O)[O-])Cc1ccccc1. The number of hydrogen-bond acceptors (Lipinski definition) is 4. The largest absolute Gasteiger partial charge is 0.329 e. The highest BCUT2D eigenvalue weighted by Crippen LogP contribution is 2.03. The number of nitrogens with two attached hydrogens (primary N) is 1. The molecule has 0 saturated carbocycles. The van der Waals surface area contributed by atoms with Crippen LogP contribution in [0.5, 0.6) is 0 Å². The molecule has 0 saturated heterocycles. The number of nitro groups is 1. The molecule has 16 heavy (non-hydrogen) atoms. The molecule has 5 nitrogen and oxygen atoms in total. The van der Waals surface area contributed by atoms with Gasteiger partial charge < -0.3 is 5.73 Å². The molecule has 0 aliphatic rings. The normalized spacial score (nSPS) is 10.6. The Hall–Kier alpha value is -1.46. The minimum Gasteiger partial charge on any atom is -0.329 e. The van der Waals surface area contributed by atoms with Gasteiger partial charge in [-0.15, -0.1) is 0 Å². The summed E-state index contributed by atoms with van der Waals surface area (Å²) in [6.07, 6.45) is 0. The lowest BCUT2D eigenvalue weighted by molar-refractivity contribution is -0.480. The predicted octanol–water partition coefficient (Wildman–Crippen LogP) is 0.724. The van der Waals surface area contributed by atoms with Gasteiger partial charge in [-0.05, 0) is 5.56 Å². The van der Waals surface area contributed by atoms with Crippen molar-refractivity contribution in [2.24, 2.45) is 5.73 Å². The van der Waals surface area contributed by atoms with Crippen molar-refractivity contribution in [1.29, 1.82) is 0 Å². The van der Waals surface area contributed by atoms with Gasteiger partial charge in [0.25, 0.3) is 0 Å². The molecule has 2 N–H and O–H groups in total. The molecule has 1 aromatic rings. The van der Waals surface area contributed by atoms with Crippen LogP contribution < -0.4 is 5.73 Å². The average Bonchev–Trinajstić information content (AvgIpc) is 2.27. The Morgan fingerprint density at radius 1 is 1.25 bits per heavy atom. The third kappa shape index (κ3) is 4.86. The van der Waals surface area contributed by atoms with E-state index in [0.29, 0.717) is 26.2 Å². The lowest BCUT2D eigenvalue weighted by Crippen LogP contribution is -2.33. The summed E-state index contributed by atoms with van der Waals surface area (Å²) in [6.45, 7) is 2.32. The van der Waals surface area contributed by atoms with Crippen LogP contribution in [0.25, 0.3) is 0 Å². The Kier molecular flexibility index (Phi) is 5.45. The van der Waals surface area contributed by atoms with Gasteiger partial charge in [-0.2, -0.15) is 0 Å². The highest BCUT2D eigenvalue weighted by atomic mass is 16.6. The summed E-state index contributed by atoms with van der Waals surface area (Å²) in [4.78, 5) is 12.0. The van der Waals surface area contributed by atoms with Gasteiger partial charge in [0.1, 0.15) is 0 Å². The fourth-order valence-corrected chi connectivity index (χ4v) is 1.52. The first kappa shape index (κ1) is 12.6. The van der Waals surface area contributed by atoms with Gasteiger partial charge in [0.05, 0.1) is 6.54 Å². The molecular weight excluding hydrogens is 206 g/mol. The van der Waals surface area contributed by atoms with Crippen molar-refractivity contribution in [3.05, 3.63) is 46.0 Å². The lowest BCUT2D eigenvalue weighted by Gasteiger charge is -2.19. The summed E-state index contributed by atoms with van der Waals surface area (Å²) in [5.41, 5.74) is 6.63. The smallest absolute Gasteiger partial charge is 0.216 e. The summed E-state index contributed by atoms with van der Waals surface area (Å²) in [5, 5.41) is 10.3. The van der Waals surface area contributed by atoms with E-state index in [0.717, 1.165) is 5.56 Å². The molecule has 0 atom stereocenters. The van der Waals surface area contributed by atoms with E-state index in [1.165, 1.54) is 0 Å². The zero-order valence-electron chi connectivity index (χ0n) is 9.21. The molecule has 0 amide bonds. The van der Waals surface area contributed by atoms with Crippen LogP contribution >= 0.6 is 0 Å². The van der Waals surface area contributed by atoms with Gasteiger partial charge in [-0.3, -0.25) is 15.0 Å². The van der Waals surface area contributed by atoms with Gasteiger partial charge in [0.15, 0.2) is 0 Å². The fourth-order valence-electron chi connectivity index (χ4n) is 1.52. The highest BCUT2D eigenvalue weighted by Gasteiger charge is 2.08. The van der Waals surface area contributed by atoms with Crippen molar-refractivity contribution in [2.75, 3.05) is 26.2 Å². The van der Waals surface area contributed by atoms with E-state index >= 15 is 0 Å². The third-order valence-corrected chi connectivity index (χ3v) is 2.29. The molecule has 88 valence electrons. The zero-order chi connectivity index (χ0) is 11.8. The molecule has 0 aliphatic carbocycles.